The first-order valence-corrected chi connectivity index (χ1v) is 5.56. The molecule has 0 aliphatic carbocycles. The van der Waals surface area contributed by atoms with Crippen LogP contribution in [-0.4, -0.2) is 9.55 Å². The molecular weight excluding hydrogens is 215 g/mol. The van der Waals surface area contributed by atoms with E-state index in [2.05, 4.69) is 10.9 Å². The van der Waals surface area contributed by atoms with E-state index >= 15 is 0 Å². The van der Waals surface area contributed by atoms with Gasteiger partial charge in [0.15, 0.2) is 0 Å². The van der Waals surface area contributed by atoms with Crippen molar-refractivity contribution >= 4 is 0 Å². The summed E-state index contributed by atoms with van der Waals surface area (Å²) in [5.41, 5.74) is 2.44. The Morgan fingerprint density at radius 2 is 2.35 bits per heavy atom. The Bertz CT molecular complexity index is 607. The number of aromatic nitrogens is 2. The number of benzene rings is 1. The highest BCUT2D eigenvalue weighted by molar-refractivity contribution is 5.37. The van der Waals surface area contributed by atoms with Gasteiger partial charge >= 0.3 is 0 Å². The van der Waals surface area contributed by atoms with Crippen LogP contribution in [0, 0.1) is 18.2 Å². The molecule has 1 aliphatic heterocycles. The second-order valence-electron chi connectivity index (χ2n) is 4.23. The van der Waals surface area contributed by atoms with E-state index in [1.165, 1.54) is 6.07 Å². The van der Waals surface area contributed by atoms with Crippen LogP contribution >= 0.6 is 0 Å². The van der Waals surface area contributed by atoms with Crippen LogP contribution in [0.5, 0.6) is 0 Å². The van der Waals surface area contributed by atoms with Gasteiger partial charge in [0.2, 0.25) is 0 Å². The fourth-order valence-electron chi connectivity index (χ4n) is 2.42. The Labute approximate surface area is 99.1 Å². The first kappa shape index (κ1) is 10.1. The molecule has 1 aromatic heterocycles. The van der Waals surface area contributed by atoms with E-state index in [1.807, 2.05) is 10.8 Å². The molecule has 3 heteroatoms. The predicted molar refractivity (Wildman–Crippen MR) is 63.0 cm³/mol. The number of hydrogen-bond acceptors (Lipinski definition) is 1. The predicted octanol–water partition coefficient (Wildman–Crippen LogP) is 2.54. The molecule has 2 aromatic rings. The Balaban J connectivity index is 2.05. The van der Waals surface area contributed by atoms with E-state index in [1.54, 1.807) is 18.5 Å². The number of terminal acetylenes is 1. The normalized spacial score (nSPS) is 17.8. The largest absolute Gasteiger partial charge is 0.327 e. The van der Waals surface area contributed by atoms with Crippen molar-refractivity contribution in [3.8, 4) is 12.3 Å². The maximum atomic E-state index is 14.0. The van der Waals surface area contributed by atoms with Gasteiger partial charge in [0.25, 0.3) is 0 Å². The summed E-state index contributed by atoms with van der Waals surface area (Å²) in [4.78, 5) is 4.09. The van der Waals surface area contributed by atoms with Crippen LogP contribution in [0.2, 0.25) is 0 Å². The molecule has 0 amide bonds. The van der Waals surface area contributed by atoms with Crippen molar-refractivity contribution in [2.45, 2.75) is 18.9 Å². The lowest BCUT2D eigenvalue weighted by molar-refractivity contribution is 0.545. The molecule has 1 atom stereocenters. The number of imidazole rings is 1. The first-order valence-electron chi connectivity index (χ1n) is 5.56. The summed E-state index contributed by atoms with van der Waals surface area (Å²) in [6.07, 6.45) is 10.7. The second-order valence-corrected chi connectivity index (χ2v) is 4.23. The van der Waals surface area contributed by atoms with Gasteiger partial charge in [0.05, 0.1) is 12.4 Å². The van der Waals surface area contributed by atoms with Gasteiger partial charge in [0, 0.05) is 23.0 Å². The molecule has 0 saturated heterocycles. The zero-order valence-corrected chi connectivity index (χ0v) is 9.23. The van der Waals surface area contributed by atoms with Crippen LogP contribution in [0.25, 0.3) is 0 Å². The highest BCUT2D eigenvalue weighted by Crippen LogP contribution is 2.32. The standard InChI is InChI=1S/C14H11FN2/c1-2-10-3-5-12(13(15)7-10)14-6-4-11-8-16-9-17(11)14/h1,3,5,7-9,14H,4,6H2/t14-/m1/s1. The lowest BCUT2D eigenvalue weighted by atomic mass is 10.0. The monoisotopic (exact) mass is 226 g/mol. The Hall–Kier alpha value is -2.08. The molecule has 3 rings (SSSR count). The van der Waals surface area contributed by atoms with Crippen LogP contribution in [-0.2, 0) is 6.42 Å². The Kier molecular flexibility index (Phi) is 2.22. The van der Waals surface area contributed by atoms with Crippen LogP contribution < -0.4 is 0 Å². The lowest BCUT2D eigenvalue weighted by Crippen LogP contribution is -2.06. The average molecular weight is 226 g/mol. The zero-order chi connectivity index (χ0) is 11.8. The quantitative estimate of drug-likeness (QED) is 0.683. The van der Waals surface area contributed by atoms with Gasteiger partial charge in [-0.05, 0) is 25.0 Å². The summed E-state index contributed by atoms with van der Waals surface area (Å²) in [5.74, 6) is 2.21. The van der Waals surface area contributed by atoms with Crippen molar-refractivity contribution in [2.24, 2.45) is 0 Å². The fourth-order valence-corrected chi connectivity index (χ4v) is 2.42. The molecule has 0 unspecified atom stereocenters. The highest BCUT2D eigenvalue weighted by atomic mass is 19.1. The third-order valence-electron chi connectivity index (χ3n) is 3.28. The molecule has 0 bridgehead atoms. The van der Waals surface area contributed by atoms with E-state index in [9.17, 15) is 4.39 Å². The summed E-state index contributed by atoms with van der Waals surface area (Å²) in [6.45, 7) is 0. The third kappa shape index (κ3) is 1.53. The van der Waals surface area contributed by atoms with Crippen molar-refractivity contribution < 1.29 is 4.39 Å². The first-order chi connectivity index (χ1) is 8.29. The minimum Gasteiger partial charge on any atom is -0.327 e. The molecule has 1 aliphatic rings. The molecule has 2 nitrogen and oxygen atoms in total. The van der Waals surface area contributed by atoms with Crippen molar-refractivity contribution in [3.63, 3.8) is 0 Å². The molecule has 2 heterocycles. The maximum Gasteiger partial charge on any atom is 0.129 e. The number of nitrogens with zero attached hydrogens (tertiary/aromatic N) is 2. The van der Waals surface area contributed by atoms with E-state index in [0.717, 1.165) is 18.5 Å². The van der Waals surface area contributed by atoms with Gasteiger partial charge in [-0.2, -0.15) is 0 Å². The van der Waals surface area contributed by atoms with Crippen molar-refractivity contribution in [3.05, 3.63) is 53.4 Å². The van der Waals surface area contributed by atoms with Crippen LogP contribution in [0.1, 0.15) is 29.3 Å². The Morgan fingerprint density at radius 3 is 3.12 bits per heavy atom. The summed E-state index contributed by atoms with van der Waals surface area (Å²) in [6, 6.07) is 5.04. The molecule has 17 heavy (non-hydrogen) atoms. The van der Waals surface area contributed by atoms with Crippen LogP contribution in [0.3, 0.4) is 0 Å². The van der Waals surface area contributed by atoms with E-state index in [-0.39, 0.29) is 11.9 Å². The van der Waals surface area contributed by atoms with Crippen LogP contribution in [0.4, 0.5) is 4.39 Å². The highest BCUT2D eigenvalue weighted by Gasteiger charge is 2.25. The van der Waals surface area contributed by atoms with Gasteiger partial charge in [-0.15, -0.1) is 6.42 Å². The summed E-state index contributed by atoms with van der Waals surface area (Å²) in [5, 5.41) is 0. The summed E-state index contributed by atoms with van der Waals surface area (Å²) >= 11 is 0. The van der Waals surface area contributed by atoms with Gasteiger partial charge in [0.1, 0.15) is 5.82 Å². The lowest BCUT2D eigenvalue weighted by Gasteiger charge is -2.14. The topological polar surface area (TPSA) is 17.8 Å². The third-order valence-corrected chi connectivity index (χ3v) is 3.28. The molecular formula is C14H11FN2. The summed E-state index contributed by atoms with van der Waals surface area (Å²) in [7, 11) is 0. The molecule has 0 fully saturated rings. The number of fused-ring (bicyclic) bond motifs is 1. The molecule has 0 spiro atoms. The van der Waals surface area contributed by atoms with Crippen molar-refractivity contribution in [2.75, 3.05) is 0 Å². The number of aryl methyl sites for hydroxylation is 1. The van der Waals surface area contributed by atoms with Gasteiger partial charge < -0.3 is 4.57 Å². The fraction of sp³-hybridized carbons (Fsp3) is 0.214. The number of halogens is 1. The number of hydrogen-bond donors (Lipinski definition) is 0. The van der Waals surface area contributed by atoms with Crippen molar-refractivity contribution in [1.29, 1.82) is 0 Å². The molecule has 0 saturated carbocycles. The van der Waals surface area contributed by atoms with E-state index in [0.29, 0.717) is 11.1 Å². The molecule has 84 valence electrons. The summed E-state index contributed by atoms with van der Waals surface area (Å²) < 4.78 is 16.0. The second kappa shape index (κ2) is 3.74. The number of rotatable bonds is 1. The van der Waals surface area contributed by atoms with E-state index in [4.69, 9.17) is 6.42 Å². The molecule has 0 N–H and O–H groups in total. The van der Waals surface area contributed by atoms with Gasteiger partial charge in [-0.3, -0.25) is 0 Å². The van der Waals surface area contributed by atoms with Crippen molar-refractivity contribution in [1.82, 2.24) is 9.55 Å². The molecule has 1 aromatic carbocycles. The van der Waals surface area contributed by atoms with Gasteiger partial charge in [-0.25, -0.2) is 9.37 Å². The maximum absolute atomic E-state index is 14.0. The minimum absolute atomic E-state index is 0.0549. The minimum atomic E-state index is -0.230. The smallest absolute Gasteiger partial charge is 0.129 e. The average Bonchev–Trinajstić information content (AvgIpc) is 2.91. The molecule has 0 radical (unpaired) electrons. The van der Waals surface area contributed by atoms with Crippen LogP contribution in [0.15, 0.2) is 30.7 Å². The van der Waals surface area contributed by atoms with Gasteiger partial charge in [-0.1, -0.05) is 12.0 Å². The zero-order valence-electron chi connectivity index (χ0n) is 9.23. The Morgan fingerprint density at radius 1 is 1.47 bits per heavy atom. The SMILES string of the molecule is C#Cc1ccc([C@H]2CCc3cncn32)c(F)c1. The van der Waals surface area contributed by atoms with E-state index < -0.39 is 0 Å².